The van der Waals surface area contributed by atoms with Gasteiger partial charge in [-0.1, -0.05) is 12.1 Å². The molecule has 0 unspecified atom stereocenters. The molecule has 6 nitrogen and oxygen atoms in total. The van der Waals surface area contributed by atoms with E-state index in [4.69, 9.17) is 4.74 Å². The lowest BCUT2D eigenvalue weighted by atomic mass is 9.84. The van der Waals surface area contributed by atoms with Gasteiger partial charge in [0.2, 0.25) is 10.0 Å². The van der Waals surface area contributed by atoms with Crippen molar-refractivity contribution >= 4 is 10.0 Å². The number of hydrogen-bond donors (Lipinski definition) is 0. The first-order valence-electron chi connectivity index (χ1n) is 10.5. The van der Waals surface area contributed by atoms with Crippen molar-refractivity contribution in [1.82, 2.24) is 8.87 Å². The molecule has 8 heteroatoms. The van der Waals surface area contributed by atoms with Crippen molar-refractivity contribution in [2.45, 2.75) is 23.8 Å². The van der Waals surface area contributed by atoms with Crippen LogP contribution in [0.4, 0.5) is 4.39 Å². The molecule has 2 aliphatic heterocycles. The van der Waals surface area contributed by atoms with Gasteiger partial charge in [0, 0.05) is 36.8 Å². The summed E-state index contributed by atoms with van der Waals surface area (Å²) in [6.45, 7) is 1.12. The molecule has 0 radical (unpaired) electrons. The third kappa shape index (κ3) is 3.53. The second kappa shape index (κ2) is 7.86. The zero-order valence-corrected chi connectivity index (χ0v) is 18.4. The number of halogens is 1. The van der Waals surface area contributed by atoms with E-state index in [1.54, 1.807) is 11.7 Å². The van der Waals surface area contributed by atoms with E-state index in [9.17, 15) is 17.6 Å². The van der Waals surface area contributed by atoms with Gasteiger partial charge in [-0.25, -0.2) is 12.8 Å². The Bertz CT molecular complexity index is 1320. The summed E-state index contributed by atoms with van der Waals surface area (Å²) < 4.78 is 48.0. The van der Waals surface area contributed by atoms with E-state index >= 15 is 0 Å². The largest absolute Gasteiger partial charge is 0.497 e. The van der Waals surface area contributed by atoms with Gasteiger partial charge in [-0.15, -0.1) is 0 Å². The Morgan fingerprint density at radius 3 is 2.34 bits per heavy atom. The molecular formula is C24H23FN2O4S. The highest BCUT2D eigenvalue weighted by Gasteiger charge is 2.39. The molecule has 0 amide bonds. The molecule has 5 rings (SSSR count). The number of nitrogens with zero attached hydrogens (tertiary/aromatic N) is 2. The Labute approximate surface area is 185 Å². The summed E-state index contributed by atoms with van der Waals surface area (Å²) in [5.74, 6) is 0.236. The van der Waals surface area contributed by atoms with Gasteiger partial charge in [-0.2, -0.15) is 4.31 Å². The maximum Gasteiger partial charge on any atom is 0.258 e. The first-order valence-corrected chi connectivity index (χ1v) is 11.9. The number of ether oxygens (including phenoxy) is 1. The number of pyridine rings is 1. The average Bonchev–Trinajstić information content (AvgIpc) is 2.80. The van der Waals surface area contributed by atoms with Crippen LogP contribution in [0.5, 0.6) is 5.75 Å². The van der Waals surface area contributed by atoms with E-state index in [2.05, 4.69) is 0 Å². The summed E-state index contributed by atoms with van der Waals surface area (Å²) in [5, 5.41) is 0. The van der Waals surface area contributed by atoms with Crippen LogP contribution in [0, 0.1) is 11.7 Å². The number of methoxy groups -OCH3 is 1. The number of piperidine rings is 1. The van der Waals surface area contributed by atoms with Crippen LogP contribution in [0.3, 0.4) is 0 Å². The number of fused-ring (bicyclic) bond motifs is 4. The lowest BCUT2D eigenvalue weighted by molar-refractivity contribution is 0.186. The minimum absolute atomic E-state index is 0.0419. The standard InChI is InChI=1S/C24H23FN2O4S/c1-31-20-6-2-17(3-7-20)22-10-11-23-18-12-16(14-27(23)24(22)28)13-26(15-18)32(29,30)21-8-4-19(25)5-9-21/h2-11,16,18H,12-15H2,1H3/t16-,18-/m1/s1. The van der Waals surface area contributed by atoms with Crippen molar-refractivity contribution in [2.24, 2.45) is 5.92 Å². The molecule has 2 aromatic carbocycles. The van der Waals surface area contributed by atoms with Gasteiger partial charge in [0.05, 0.1) is 12.0 Å². The number of rotatable bonds is 4. The van der Waals surface area contributed by atoms with Crippen LogP contribution in [0.15, 0.2) is 70.4 Å². The SMILES string of the molecule is COc1ccc(-c2ccc3n(c2=O)C[C@@H]2C[C@@H]3CN(S(=O)(=O)c3ccc(F)cc3)C2)cc1. The normalized spacial score (nSPS) is 20.6. The lowest BCUT2D eigenvalue weighted by Gasteiger charge is -2.42. The van der Waals surface area contributed by atoms with Gasteiger partial charge in [-0.3, -0.25) is 4.79 Å². The molecule has 2 atom stereocenters. The van der Waals surface area contributed by atoms with Crippen LogP contribution in [-0.2, 0) is 16.6 Å². The zero-order chi connectivity index (χ0) is 22.5. The number of sulfonamides is 1. The molecule has 1 saturated heterocycles. The molecule has 3 heterocycles. The predicted octanol–water partition coefficient (Wildman–Crippen LogP) is 3.47. The average molecular weight is 455 g/mol. The fourth-order valence-corrected chi connectivity index (χ4v) is 6.41. The third-order valence-corrected chi connectivity index (χ3v) is 8.27. The lowest BCUT2D eigenvalue weighted by Crippen LogP contribution is -2.49. The molecule has 32 heavy (non-hydrogen) atoms. The van der Waals surface area contributed by atoms with Crippen molar-refractivity contribution in [1.29, 1.82) is 0 Å². The van der Waals surface area contributed by atoms with Crippen LogP contribution >= 0.6 is 0 Å². The van der Waals surface area contributed by atoms with Gasteiger partial charge >= 0.3 is 0 Å². The highest BCUT2D eigenvalue weighted by molar-refractivity contribution is 7.89. The van der Waals surface area contributed by atoms with Crippen LogP contribution in [0.1, 0.15) is 18.0 Å². The van der Waals surface area contributed by atoms with Crippen molar-refractivity contribution in [3.05, 3.63) is 82.5 Å². The second-order valence-electron chi connectivity index (χ2n) is 8.39. The molecule has 2 aliphatic rings. The zero-order valence-electron chi connectivity index (χ0n) is 17.6. The van der Waals surface area contributed by atoms with Crippen LogP contribution in [-0.4, -0.2) is 37.5 Å². The van der Waals surface area contributed by atoms with Gasteiger partial charge in [-0.05, 0) is 66.4 Å². The molecule has 0 spiro atoms. The first-order chi connectivity index (χ1) is 15.4. The quantitative estimate of drug-likeness (QED) is 0.605. The van der Waals surface area contributed by atoms with Gasteiger partial charge in [0.25, 0.3) is 5.56 Å². The Balaban J connectivity index is 1.47. The highest BCUT2D eigenvalue weighted by Crippen LogP contribution is 2.38. The maximum atomic E-state index is 13.3. The van der Waals surface area contributed by atoms with E-state index in [1.165, 1.54) is 16.4 Å². The molecule has 0 aliphatic carbocycles. The molecule has 3 aromatic rings. The molecule has 1 fully saturated rings. The van der Waals surface area contributed by atoms with E-state index in [0.29, 0.717) is 25.2 Å². The van der Waals surface area contributed by atoms with E-state index in [0.717, 1.165) is 35.6 Å². The van der Waals surface area contributed by atoms with E-state index in [1.807, 2.05) is 36.4 Å². The summed E-state index contributed by atoms with van der Waals surface area (Å²) in [4.78, 5) is 13.4. The fraction of sp³-hybridized carbons (Fsp3) is 0.292. The minimum atomic E-state index is -3.72. The summed E-state index contributed by atoms with van der Waals surface area (Å²) in [7, 11) is -2.13. The summed E-state index contributed by atoms with van der Waals surface area (Å²) in [6.07, 6.45) is 0.844. The molecule has 1 aromatic heterocycles. The van der Waals surface area contributed by atoms with Crippen molar-refractivity contribution < 1.29 is 17.5 Å². The van der Waals surface area contributed by atoms with Gasteiger partial charge in [0.1, 0.15) is 11.6 Å². The van der Waals surface area contributed by atoms with E-state index < -0.39 is 15.8 Å². The minimum Gasteiger partial charge on any atom is -0.497 e. The molecular weight excluding hydrogens is 431 g/mol. The smallest absolute Gasteiger partial charge is 0.258 e. The van der Waals surface area contributed by atoms with Crippen molar-refractivity contribution in [3.8, 4) is 16.9 Å². The Morgan fingerprint density at radius 1 is 0.938 bits per heavy atom. The van der Waals surface area contributed by atoms with Crippen LogP contribution in [0.25, 0.3) is 11.1 Å². The summed E-state index contributed by atoms with van der Waals surface area (Å²) in [5.41, 5.74) is 2.24. The molecule has 0 N–H and O–H groups in total. The number of hydrogen-bond acceptors (Lipinski definition) is 4. The topological polar surface area (TPSA) is 68.6 Å². The maximum absolute atomic E-state index is 13.3. The first kappa shape index (κ1) is 20.9. The molecule has 2 bridgehead atoms. The highest BCUT2D eigenvalue weighted by atomic mass is 32.2. The molecule has 0 saturated carbocycles. The molecule has 166 valence electrons. The van der Waals surface area contributed by atoms with Crippen molar-refractivity contribution in [3.63, 3.8) is 0 Å². The summed E-state index contributed by atoms with van der Waals surface area (Å²) >= 11 is 0. The van der Waals surface area contributed by atoms with Crippen molar-refractivity contribution in [2.75, 3.05) is 20.2 Å². The predicted molar refractivity (Wildman–Crippen MR) is 119 cm³/mol. The van der Waals surface area contributed by atoms with Crippen LogP contribution in [0.2, 0.25) is 0 Å². The second-order valence-corrected chi connectivity index (χ2v) is 10.3. The monoisotopic (exact) mass is 454 g/mol. The number of benzene rings is 2. The third-order valence-electron chi connectivity index (χ3n) is 6.42. The van der Waals surface area contributed by atoms with Gasteiger partial charge in [0.15, 0.2) is 0 Å². The Hall–Kier alpha value is -2.97. The van der Waals surface area contributed by atoms with Gasteiger partial charge < -0.3 is 9.30 Å². The Morgan fingerprint density at radius 2 is 1.66 bits per heavy atom. The Kier molecular flexibility index (Phi) is 5.14. The van der Waals surface area contributed by atoms with Crippen LogP contribution < -0.4 is 10.3 Å². The number of aromatic nitrogens is 1. The van der Waals surface area contributed by atoms with E-state index in [-0.39, 0.29) is 22.3 Å². The fourth-order valence-electron chi connectivity index (χ4n) is 4.84. The summed E-state index contributed by atoms with van der Waals surface area (Å²) in [6, 6.07) is 16.1.